The molecule has 7 nitrogen and oxygen atoms in total. The zero-order chi connectivity index (χ0) is 17.9. The van der Waals surface area contributed by atoms with Crippen molar-refractivity contribution in [3.05, 3.63) is 39.4 Å². The van der Waals surface area contributed by atoms with Crippen molar-refractivity contribution < 1.29 is 19.2 Å². The predicted octanol–water partition coefficient (Wildman–Crippen LogP) is 3.03. The molecule has 1 saturated carbocycles. The SMILES string of the molecule is COC(=O)c1cc(C(=O)N(C)C2CCCCC2C)cc([N+](=O)[O-])c1. The summed E-state index contributed by atoms with van der Waals surface area (Å²) in [4.78, 5) is 36.6. The largest absolute Gasteiger partial charge is 0.465 e. The predicted molar refractivity (Wildman–Crippen MR) is 87.9 cm³/mol. The van der Waals surface area contributed by atoms with Crippen LogP contribution in [-0.4, -0.2) is 41.9 Å². The number of ether oxygens (including phenoxy) is 1. The van der Waals surface area contributed by atoms with Crippen LogP contribution in [0.4, 0.5) is 5.69 Å². The monoisotopic (exact) mass is 334 g/mol. The Morgan fingerprint density at radius 2 is 1.83 bits per heavy atom. The fourth-order valence-corrected chi connectivity index (χ4v) is 3.30. The quantitative estimate of drug-likeness (QED) is 0.479. The number of hydrogen-bond donors (Lipinski definition) is 0. The summed E-state index contributed by atoms with van der Waals surface area (Å²) in [7, 11) is 2.91. The third kappa shape index (κ3) is 3.72. The maximum Gasteiger partial charge on any atom is 0.338 e. The third-order valence-electron chi connectivity index (χ3n) is 4.68. The van der Waals surface area contributed by atoms with Crippen LogP contribution in [0, 0.1) is 16.0 Å². The molecule has 0 saturated heterocycles. The molecule has 2 atom stereocenters. The molecule has 0 N–H and O–H groups in total. The number of benzene rings is 1. The second-order valence-corrected chi connectivity index (χ2v) is 6.26. The molecule has 0 spiro atoms. The highest BCUT2D eigenvalue weighted by atomic mass is 16.6. The van der Waals surface area contributed by atoms with Gasteiger partial charge in [0, 0.05) is 30.8 Å². The van der Waals surface area contributed by atoms with Crippen LogP contribution in [0.2, 0.25) is 0 Å². The van der Waals surface area contributed by atoms with Crippen molar-refractivity contribution in [2.45, 2.75) is 38.6 Å². The Bertz CT molecular complexity index is 658. The van der Waals surface area contributed by atoms with Gasteiger partial charge in [0.15, 0.2) is 0 Å². The Morgan fingerprint density at radius 1 is 1.21 bits per heavy atom. The van der Waals surface area contributed by atoms with Crippen LogP contribution in [0.15, 0.2) is 18.2 Å². The lowest BCUT2D eigenvalue weighted by Gasteiger charge is -2.36. The van der Waals surface area contributed by atoms with Gasteiger partial charge < -0.3 is 9.64 Å². The smallest absolute Gasteiger partial charge is 0.338 e. The molecule has 1 aromatic carbocycles. The van der Waals surface area contributed by atoms with Gasteiger partial charge in [0.2, 0.25) is 0 Å². The average Bonchev–Trinajstić information content (AvgIpc) is 2.59. The number of nitrogens with zero attached hydrogens (tertiary/aromatic N) is 2. The first-order chi connectivity index (χ1) is 11.3. The maximum absolute atomic E-state index is 12.8. The Labute approximate surface area is 140 Å². The summed E-state index contributed by atoms with van der Waals surface area (Å²) in [5.74, 6) is -0.643. The Kier molecular flexibility index (Phi) is 5.54. The van der Waals surface area contributed by atoms with Gasteiger partial charge in [-0.15, -0.1) is 0 Å². The lowest BCUT2D eigenvalue weighted by atomic mass is 9.85. The molecule has 1 fully saturated rings. The molecule has 1 aliphatic carbocycles. The van der Waals surface area contributed by atoms with Gasteiger partial charge in [-0.25, -0.2) is 4.79 Å². The fraction of sp³-hybridized carbons (Fsp3) is 0.529. The molecule has 1 aromatic rings. The summed E-state index contributed by atoms with van der Waals surface area (Å²) in [6.07, 6.45) is 4.20. The summed E-state index contributed by atoms with van der Waals surface area (Å²) in [6, 6.07) is 3.78. The summed E-state index contributed by atoms with van der Waals surface area (Å²) in [6.45, 7) is 2.11. The van der Waals surface area contributed by atoms with Gasteiger partial charge in [0.25, 0.3) is 11.6 Å². The molecule has 1 aliphatic rings. The van der Waals surface area contributed by atoms with E-state index in [1.165, 1.54) is 19.2 Å². The van der Waals surface area contributed by atoms with E-state index in [0.717, 1.165) is 31.7 Å². The first kappa shape index (κ1) is 17.9. The highest BCUT2D eigenvalue weighted by Crippen LogP contribution is 2.29. The van der Waals surface area contributed by atoms with Crippen molar-refractivity contribution in [2.24, 2.45) is 5.92 Å². The first-order valence-electron chi connectivity index (χ1n) is 8.00. The van der Waals surface area contributed by atoms with Crippen molar-refractivity contribution in [1.82, 2.24) is 4.90 Å². The summed E-state index contributed by atoms with van der Waals surface area (Å²) in [5, 5.41) is 11.1. The van der Waals surface area contributed by atoms with Crippen LogP contribution in [0.3, 0.4) is 0 Å². The molecule has 7 heteroatoms. The third-order valence-corrected chi connectivity index (χ3v) is 4.68. The van der Waals surface area contributed by atoms with Crippen molar-refractivity contribution in [3.8, 4) is 0 Å². The number of non-ortho nitro benzene ring substituents is 1. The van der Waals surface area contributed by atoms with Gasteiger partial charge in [-0.1, -0.05) is 19.8 Å². The number of carbonyl (C=O) groups is 2. The number of rotatable bonds is 4. The van der Waals surface area contributed by atoms with E-state index in [-0.39, 0.29) is 28.8 Å². The van der Waals surface area contributed by atoms with E-state index in [2.05, 4.69) is 11.7 Å². The average molecular weight is 334 g/mol. The van der Waals surface area contributed by atoms with E-state index in [4.69, 9.17) is 0 Å². The zero-order valence-corrected chi connectivity index (χ0v) is 14.2. The Hall–Kier alpha value is -2.44. The van der Waals surface area contributed by atoms with Crippen molar-refractivity contribution in [3.63, 3.8) is 0 Å². The minimum atomic E-state index is -0.707. The van der Waals surface area contributed by atoms with Crippen LogP contribution in [-0.2, 0) is 4.74 Å². The Balaban J connectivity index is 2.35. The highest BCUT2D eigenvalue weighted by Gasteiger charge is 2.29. The van der Waals surface area contributed by atoms with Gasteiger partial charge in [0.05, 0.1) is 17.6 Å². The molecule has 2 unspecified atom stereocenters. The second kappa shape index (κ2) is 7.42. The molecule has 0 heterocycles. The molecule has 0 aromatic heterocycles. The number of nitro groups is 1. The molecule has 1 amide bonds. The van der Waals surface area contributed by atoms with Gasteiger partial charge in [-0.05, 0) is 24.8 Å². The number of nitro benzene ring substituents is 1. The highest BCUT2D eigenvalue weighted by molar-refractivity contribution is 5.99. The molecule has 0 aliphatic heterocycles. The minimum absolute atomic E-state index is 0.000132. The first-order valence-corrected chi connectivity index (χ1v) is 8.00. The minimum Gasteiger partial charge on any atom is -0.465 e. The molecule has 24 heavy (non-hydrogen) atoms. The van der Waals surface area contributed by atoms with E-state index in [0.29, 0.717) is 5.92 Å². The normalized spacial score (nSPS) is 20.3. The van der Waals surface area contributed by atoms with Crippen molar-refractivity contribution in [2.75, 3.05) is 14.2 Å². The van der Waals surface area contributed by atoms with Crippen molar-refractivity contribution in [1.29, 1.82) is 0 Å². The van der Waals surface area contributed by atoms with E-state index >= 15 is 0 Å². The number of hydrogen-bond acceptors (Lipinski definition) is 5. The summed E-state index contributed by atoms with van der Waals surface area (Å²) in [5.41, 5.74) is -0.170. The number of carbonyl (C=O) groups excluding carboxylic acids is 2. The molecular weight excluding hydrogens is 312 g/mol. The van der Waals surface area contributed by atoms with E-state index < -0.39 is 10.9 Å². The van der Waals surface area contributed by atoms with Crippen LogP contribution in [0.5, 0.6) is 0 Å². The van der Waals surface area contributed by atoms with Gasteiger partial charge in [-0.2, -0.15) is 0 Å². The number of esters is 1. The molecule has 2 rings (SSSR count). The molecule has 130 valence electrons. The molecule has 0 radical (unpaired) electrons. The molecule has 0 bridgehead atoms. The second-order valence-electron chi connectivity index (χ2n) is 6.26. The van der Waals surface area contributed by atoms with Crippen molar-refractivity contribution >= 4 is 17.6 Å². The van der Waals surface area contributed by atoms with Crippen LogP contribution in [0.25, 0.3) is 0 Å². The van der Waals surface area contributed by atoms with Crippen LogP contribution < -0.4 is 0 Å². The van der Waals surface area contributed by atoms with Gasteiger partial charge >= 0.3 is 5.97 Å². The van der Waals surface area contributed by atoms with E-state index in [1.54, 1.807) is 11.9 Å². The van der Waals surface area contributed by atoms with E-state index in [1.807, 2.05) is 0 Å². The summed E-state index contributed by atoms with van der Waals surface area (Å²) < 4.78 is 4.61. The van der Waals surface area contributed by atoms with E-state index in [9.17, 15) is 19.7 Å². The maximum atomic E-state index is 12.8. The Morgan fingerprint density at radius 3 is 2.42 bits per heavy atom. The van der Waals surface area contributed by atoms with Crippen LogP contribution >= 0.6 is 0 Å². The lowest BCUT2D eigenvalue weighted by molar-refractivity contribution is -0.384. The van der Waals surface area contributed by atoms with Gasteiger partial charge in [0.1, 0.15) is 0 Å². The zero-order valence-electron chi connectivity index (χ0n) is 14.2. The fourth-order valence-electron chi connectivity index (χ4n) is 3.30. The topological polar surface area (TPSA) is 89.8 Å². The summed E-state index contributed by atoms with van der Waals surface area (Å²) >= 11 is 0. The standard InChI is InChI=1S/C17H22N2O5/c1-11-6-4-5-7-15(11)18(2)16(20)12-8-13(17(21)24-3)10-14(9-12)19(22)23/h8-11,15H,4-7H2,1-3H3. The number of methoxy groups -OCH3 is 1. The lowest BCUT2D eigenvalue weighted by Crippen LogP contribution is -2.42. The molecular formula is C17H22N2O5. The van der Waals surface area contributed by atoms with Crippen LogP contribution in [0.1, 0.15) is 53.3 Å². The number of amides is 1. The van der Waals surface area contributed by atoms with Gasteiger partial charge in [-0.3, -0.25) is 14.9 Å².